The van der Waals surface area contributed by atoms with Gasteiger partial charge in [0, 0.05) is 22.0 Å². The van der Waals surface area contributed by atoms with Crippen LogP contribution in [0.2, 0.25) is 5.02 Å². The van der Waals surface area contributed by atoms with Gasteiger partial charge in [0.1, 0.15) is 0 Å². The van der Waals surface area contributed by atoms with E-state index in [-0.39, 0.29) is 5.69 Å². The molecule has 0 bridgehead atoms. The van der Waals surface area contributed by atoms with Crippen molar-refractivity contribution in [3.63, 3.8) is 0 Å². The predicted octanol–water partition coefficient (Wildman–Crippen LogP) is 6.22. The highest BCUT2D eigenvalue weighted by Crippen LogP contribution is 2.38. The van der Waals surface area contributed by atoms with Crippen molar-refractivity contribution in [2.45, 2.75) is 18.6 Å². The van der Waals surface area contributed by atoms with Gasteiger partial charge in [0.05, 0.1) is 5.54 Å². The molecule has 0 aliphatic carbocycles. The fourth-order valence-electron chi connectivity index (χ4n) is 3.11. The van der Waals surface area contributed by atoms with Gasteiger partial charge in [0.25, 0.3) is 0 Å². The van der Waals surface area contributed by atoms with Crippen LogP contribution in [0.3, 0.4) is 0 Å². The molecule has 0 saturated carbocycles. The van der Waals surface area contributed by atoms with Gasteiger partial charge in [-0.15, -0.1) is 0 Å². The molecular formula is C22H18ClF3N2O. The highest BCUT2D eigenvalue weighted by atomic mass is 35.5. The topological polar surface area (TPSA) is 41.1 Å². The normalized spacial score (nSPS) is 13.4. The van der Waals surface area contributed by atoms with Gasteiger partial charge in [0.15, 0.2) is 0 Å². The Morgan fingerprint density at radius 2 is 1.45 bits per heavy atom. The summed E-state index contributed by atoms with van der Waals surface area (Å²) in [6.45, 7) is 1.84. The number of amides is 1. The van der Waals surface area contributed by atoms with Crippen LogP contribution < -0.4 is 10.6 Å². The summed E-state index contributed by atoms with van der Waals surface area (Å²) in [6, 6.07) is 22.7. The minimum atomic E-state index is -4.99. The first-order valence-corrected chi connectivity index (χ1v) is 9.15. The zero-order chi connectivity index (χ0) is 21.1. The van der Waals surface area contributed by atoms with E-state index < -0.39 is 17.6 Å². The smallest absolute Gasteiger partial charge is 0.372 e. The Labute approximate surface area is 171 Å². The van der Waals surface area contributed by atoms with Crippen LogP contribution >= 0.6 is 11.6 Å². The maximum atomic E-state index is 12.8. The first-order chi connectivity index (χ1) is 13.7. The maximum Gasteiger partial charge on any atom is 0.471 e. The highest BCUT2D eigenvalue weighted by Gasteiger charge is 2.40. The van der Waals surface area contributed by atoms with Gasteiger partial charge in [-0.05, 0) is 42.8 Å². The number of nitrogens with one attached hydrogen (secondary N) is 2. The summed E-state index contributed by atoms with van der Waals surface area (Å²) in [4.78, 5) is 11.6. The lowest BCUT2D eigenvalue weighted by molar-refractivity contribution is -0.167. The van der Waals surface area contributed by atoms with Crippen LogP contribution in [0.25, 0.3) is 0 Å². The Kier molecular flexibility index (Phi) is 5.84. The van der Waals surface area contributed by atoms with Crippen LogP contribution in [-0.4, -0.2) is 12.1 Å². The molecule has 3 aromatic rings. The minimum Gasteiger partial charge on any atom is -0.372 e. The zero-order valence-electron chi connectivity index (χ0n) is 15.4. The third-order valence-corrected chi connectivity index (χ3v) is 4.81. The van der Waals surface area contributed by atoms with Crippen LogP contribution in [0.1, 0.15) is 18.1 Å². The summed E-state index contributed by atoms with van der Waals surface area (Å²) in [6.07, 6.45) is -4.99. The quantitative estimate of drug-likeness (QED) is 0.516. The Hall–Kier alpha value is -2.99. The van der Waals surface area contributed by atoms with E-state index >= 15 is 0 Å². The number of rotatable bonds is 5. The van der Waals surface area contributed by atoms with Crippen LogP contribution in [0.4, 0.5) is 24.5 Å². The van der Waals surface area contributed by atoms with Crippen molar-refractivity contribution < 1.29 is 18.0 Å². The molecule has 7 heteroatoms. The Morgan fingerprint density at radius 3 is 2.07 bits per heavy atom. The molecule has 0 saturated heterocycles. The fourth-order valence-corrected chi connectivity index (χ4v) is 3.24. The van der Waals surface area contributed by atoms with Crippen LogP contribution in [0.5, 0.6) is 0 Å². The first kappa shape index (κ1) is 20.7. The number of anilines is 2. The lowest BCUT2D eigenvalue weighted by atomic mass is 9.83. The van der Waals surface area contributed by atoms with Gasteiger partial charge in [-0.3, -0.25) is 4.79 Å². The minimum absolute atomic E-state index is 0.0719. The van der Waals surface area contributed by atoms with E-state index in [2.05, 4.69) is 5.32 Å². The molecule has 150 valence electrons. The second-order valence-electron chi connectivity index (χ2n) is 6.62. The molecule has 0 fully saturated rings. The number of carbonyl (C=O) groups excluding carboxylic acids is 1. The molecule has 2 N–H and O–H groups in total. The van der Waals surface area contributed by atoms with Gasteiger partial charge >= 0.3 is 12.1 Å². The lowest BCUT2D eigenvalue weighted by Crippen LogP contribution is -2.36. The molecule has 1 atom stereocenters. The summed E-state index contributed by atoms with van der Waals surface area (Å²) in [5, 5.41) is 5.94. The largest absolute Gasteiger partial charge is 0.471 e. The molecule has 0 spiro atoms. The molecule has 0 radical (unpaired) electrons. The van der Waals surface area contributed by atoms with Crippen molar-refractivity contribution in [1.82, 2.24) is 0 Å². The van der Waals surface area contributed by atoms with Gasteiger partial charge in [-0.2, -0.15) is 13.2 Å². The lowest BCUT2D eigenvalue weighted by Gasteiger charge is -2.35. The number of benzene rings is 3. The molecule has 1 amide bonds. The number of alkyl halides is 3. The van der Waals surface area contributed by atoms with Gasteiger partial charge in [0.2, 0.25) is 0 Å². The zero-order valence-corrected chi connectivity index (χ0v) is 16.2. The summed E-state index contributed by atoms with van der Waals surface area (Å²) in [7, 11) is 0. The van der Waals surface area contributed by atoms with Crippen molar-refractivity contribution in [2.24, 2.45) is 0 Å². The number of para-hydroxylation sites is 1. The fraction of sp³-hybridized carbons (Fsp3) is 0.136. The van der Waals surface area contributed by atoms with Crippen LogP contribution in [0.15, 0.2) is 78.9 Å². The van der Waals surface area contributed by atoms with E-state index in [1.54, 1.807) is 42.5 Å². The molecule has 29 heavy (non-hydrogen) atoms. The van der Waals surface area contributed by atoms with Crippen molar-refractivity contribution in [3.8, 4) is 0 Å². The monoisotopic (exact) mass is 418 g/mol. The summed E-state index contributed by atoms with van der Waals surface area (Å²) in [5.41, 5.74) is 1.15. The molecular weight excluding hydrogens is 401 g/mol. The third-order valence-electron chi connectivity index (χ3n) is 4.56. The number of hydrogen-bond acceptors (Lipinski definition) is 2. The van der Waals surface area contributed by atoms with Crippen molar-refractivity contribution in [1.29, 1.82) is 0 Å². The average molecular weight is 419 g/mol. The molecule has 3 rings (SSSR count). The number of hydrogen-bond donors (Lipinski definition) is 2. The second-order valence-corrected chi connectivity index (χ2v) is 7.06. The standard InChI is InChI=1S/C22H18ClF3N2O/c1-21(15-7-3-2-4-8-15,28-17-13-11-16(23)12-14-17)18-9-5-6-10-19(18)27-20(29)22(24,25)26/h2-14,28H,1H3,(H,27,29)/t21-/m1/s1. The Bertz CT molecular complexity index is 991. The van der Waals surface area contributed by atoms with Gasteiger partial charge in [-0.1, -0.05) is 60.1 Å². The average Bonchev–Trinajstić information content (AvgIpc) is 2.70. The SMILES string of the molecule is C[C@@](Nc1ccc(Cl)cc1)(c1ccccc1)c1ccccc1NC(=O)C(F)(F)F. The summed E-state index contributed by atoms with van der Waals surface area (Å²) >= 11 is 5.96. The van der Waals surface area contributed by atoms with E-state index in [0.29, 0.717) is 10.6 Å². The van der Waals surface area contributed by atoms with E-state index in [9.17, 15) is 18.0 Å². The first-order valence-electron chi connectivity index (χ1n) is 8.77. The molecule has 0 unspecified atom stereocenters. The predicted molar refractivity (Wildman–Crippen MR) is 109 cm³/mol. The van der Waals surface area contributed by atoms with Gasteiger partial charge in [-0.25, -0.2) is 0 Å². The van der Waals surface area contributed by atoms with Crippen molar-refractivity contribution in [2.75, 3.05) is 10.6 Å². The molecule has 0 aliphatic rings. The number of halogens is 4. The number of carbonyl (C=O) groups is 1. The second kappa shape index (κ2) is 8.17. The Balaban J connectivity index is 2.10. The molecule has 3 aromatic carbocycles. The summed E-state index contributed by atoms with van der Waals surface area (Å²) < 4.78 is 38.5. The molecule has 0 aliphatic heterocycles. The van der Waals surface area contributed by atoms with E-state index in [1.165, 1.54) is 6.07 Å². The van der Waals surface area contributed by atoms with Crippen LogP contribution in [0, 0.1) is 0 Å². The van der Waals surface area contributed by atoms with E-state index in [1.807, 2.05) is 42.6 Å². The molecule has 3 nitrogen and oxygen atoms in total. The van der Waals surface area contributed by atoms with E-state index in [0.717, 1.165) is 11.3 Å². The van der Waals surface area contributed by atoms with Crippen molar-refractivity contribution in [3.05, 3.63) is 95.0 Å². The maximum absolute atomic E-state index is 12.8. The Morgan fingerprint density at radius 1 is 0.862 bits per heavy atom. The van der Waals surface area contributed by atoms with E-state index in [4.69, 9.17) is 11.6 Å². The summed E-state index contributed by atoms with van der Waals surface area (Å²) in [5.74, 6) is -2.02. The molecule has 0 aromatic heterocycles. The van der Waals surface area contributed by atoms with Crippen molar-refractivity contribution >= 4 is 28.9 Å². The van der Waals surface area contributed by atoms with Gasteiger partial charge < -0.3 is 10.6 Å². The third kappa shape index (κ3) is 4.71. The highest BCUT2D eigenvalue weighted by molar-refractivity contribution is 6.30. The molecule has 0 heterocycles. The van der Waals surface area contributed by atoms with Crippen LogP contribution in [-0.2, 0) is 10.3 Å².